The van der Waals surface area contributed by atoms with Crippen molar-refractivity contribution >= 4 is 5.97 Å². The van der Waals surface area contributed by atoms with Gasteiger partial charge in [-0.05, 0) is 25.7 Å². The molecule has 0 radical (unpaired) electrons. The van der Waals surface area contributed by atoms with Gasteiger partial charge in [-0.3, -0.25) is 14.6 Å². The molecule has 4 heteroatoms. The Kier molecular flexibility index (Phi) is 3.82. The van der Waals surface area contributed by atoms with Gasteiger partial charge in [0.05, 0.1) is 6.54 Å². The molecule has 1 saturated carbocycles. The zero-order chi connectivity index (χ0) is 11.5. The van der Waals surface area contributed by atoms with E-state index in [0.717, 1.165) is 25.6 Å². The topological polar surface area (TPSA) is 43.8 Å². The van der Waals surface area contributed by atoms with Crippen LogP contribution in [-0.2, 0) is 4.79 Å². The molecule has 2 rings (SSSR count). The van der Waals surface area contributed by atoms with E-state index in [1.807, 2.05) is 4.90 Å². The molecular weight excluding hydrogens is 204 g/mol. The number of aliphatic carboxylic acids is 1. The van der Waals surface area contributed by atoms with E-state index in [4.69, 9.17) is 5.11 Å². The summed E-state index contributed by atoms with van der Waals surface area (Å²) < 4.78 is 0. The van der Waals surface area contributed by atoms with Gasteiger partial charge in [-0.15, -0.1) is 0 Å². The number of hydrogen-bond donors (Lipinski definition) is 1. The molecule has 0 spiro atoms. The maximum atomic E-state index is 10.6. The standard InChI is InChI=1S/C12H22N2O2/c1-10-7-13(9-12(15)16)5-6-14(10)8-11-3-2-4-11/h10-11H,2-9H2,1H3,(H,15,16). The molecule has 1 heterocycles. The summed E-state index contributed by atoms with van der Waals surface area (Å²) in [6, 6.07) is 0.508. The molecule has 0 aromatic carbocycles. The van der Waals surface area contributed by atoms with Crippen LogP contribution in [0.25, 0.3) is 0 Å². The average Bonchev–Trinajstić information content (AvgIpc) is 2.12. The Bertz CT molecular complexity index is 253. The molecule has 2 fully saturated rings. The van der Waals surface area contributed by atoms with Gasteiger partial charge in [0.1, 0.15) is 0 Å². The summed E-state index contributed by atoms with van der Waals surface area (Å²) in [6.45, 7) is 6.48. The van der Waals surface area contributed by atoms with Crippen molar-refractivity contribution in [1.82, 2.24) is 9.80 Å². The molecule has 2 aliphatic rings. The summed E-state index contributed by atoms with van der Waals surface area (Å²) in [5.74, 6) is 0.202. The van der Waals surface area contributed by atoms with E-state index in [0.29, 0.717) is 6.04 Å². The minimum absolute atomic E-state index is 0.196. The van der Waals surface area contributed by atoms with Gasteiger partial charge in [0, 0.05) is 32.2 Å². The minimum atomic E-state index is -0.709. The van der Waals surface area contributed by atoms with Crippen molar-refractivity contribution in [3.8, 4) is 0 Å². The second kappa shape index (κ2) is 5.15. The largest absolute Gasteiger partial charge is 0.480 e. The van der Waals surface area contributed by atoms with Crippen molar-refractivity contribution in [3.63, 3.8) is 0 Å². The van der Waals surface area contributed by atoms with Crippen LogP contribution in [0.1, 0.15) is 26.2 Å². The Morgan fingerprint density at radius 3 is 2.62 bits per heavy atom. The summed E-state index contributed by atoms with van der Waals surface area (Å²) in [5, 5.41) is 8.76. The van der Waals surface area contributed by atoms with Gasteiger partial charge < -0.3 is 5.11 Å². The van der Waals surface area contributed by atoms with Crippen LogP contribution < -0.4 is 0 Å². The SMILES string of the molecule is CC1CN(CC(=O)O)CCN1CC1CCC1. The molecule has 4 nitrogen and oxygen atoms in total. The number of carboxylic acids is 1. The molecule has 1 aliphatic heterocycles. The lowest BCUT2D eigenvalue weighted by atomic mass is 9.84. The van der Waals surface area contributed by atoms with E-state index in [1.54, 1.807) is 0 Å². The minimum Gasteiger partial charge on any atom is -0.480 e. The van der Waals surface area contributed by atoms with Crippen molar-refractivity contribution in [3.05, 3.63) is 0 Å². The van der Waals surface area contributed by atoms with Gasteiger partial charge >= 0.3 is 5.97 Å². The summed E-state index contributed by atoms with van der Waals surface area (Å²) in [4.78, 5) is 15.2. The zero-order valence-electron chi connectivity index (χ0n) is 10.1. The monoisotopic (exact) mass is 226 g/mol. The van der Waals surface area contributed by atoms with Crippen molar-refractivity contribution < 1.29 is 9.90 Å². The molecular formula is C12H22N2O2. The van der Waals surface area contributed by atoms with E-state index in [-0.39, 0.29) is 6.54 Å². The molecule has 1 N–H and O–H groups in total. The van der Waals surface area contributed by atoms with Crippen LogP contribution in [0.4, 0.5) is 0 Å². The molecule has 0 bridgehead atoms. The van der Waals surface area contributed by atoms with Crippen molar-refractivity contribution in [2.75, 3.05) is 32.7 Å². The van der Waals surface area contributed by atoms with Crippen LogP contribution in [0.15, 0.2) is 0 Å². The Balaban J connectivity index is 1.75. The summed E-state index contributed by atoms with van der Waals surface area (Å²) in [5.41, 5.74) is 0. The quantitative estimate of drug-likeness (QED) is 0.773. The number of hydrogen-bond acceptors (Lipinski definition) is 3. The van der Waals surface area contributed by atoms with Crippen molar-refractivity contribution in [1.29, 1.82) is 0 Å². The third-order valence-corrected chi connectivity index (χ3v) is 3.93. The van der Waals surface area contributed by atoms with Gasteiger partial charge in [-0.2, -0.15) is 0 Å². The van der Waals surface area contributed by atoms with Crippen LogP contribution in [0.5, 0.6) is 0 Å². The molecule has 92 valence electrons. The fourth-order valence-corrected chi connectivity index (χ4v) is 2.68. The fourth-order valence-electron chi connectivity index (χ4n) is 2.68. The van der Waals surface area contributed by atoms with E-state index >= 15 is 0 Å². The molecule has 1 saturated heterocycles. The first-order valence-electron chi connectivity index (χ1n) is 6.33. The van der Waals surface area contributed by atoms with Gasteiger partial charge in [0.15, 0.2) is 0 Å². The van der Waals surface area contributed by atoms with Gasteiger partial charge in [0.2, 0.25) is 0 Å². The number of rotatable bonds is 4. The van der Waals surface area contributed by atoms with E-state index < -0.39 is 5.97 Å². The number of nitrogens with zero attached hydrogens (tertiary/aromatic N) is 2. The Morgan fingerprint density at radius 1 is 1.38 bits per heavy atom. The second-order valence-electron chi connectivity index (χ2n) is 5.27. The van der Waals surface area contributed by atoms with Crippen LogP contribution >= 0.6 is 0 Å². The van der Waals surface area contributed by atoms with E-state index in [2.05, 4.69) is 11.8 Å². The lowest BCUT2D eigenvalue weighted by Gasteiger charge is -2.42. The Hall–Kier alpha value is -0.610. The normalized spacial score (nSPS) is 28.9. The van der Waals surface area contributed by atoms with Gasteiger partial charge in [-0.1, -0.05) is 6.42 Å². The highest BCUT2D eigenvalue weighted by atomic mass is 16.4. The van der Waals surface area contributed by atoms with Crippen molar-refractivity contribution in [2.24, 2.45) is 5.92 Å². The fraction of sp³-hybridized carbons (Fsp3) is 0.917. The van der Waals surface area contributed by atoms with Crippen molar-refractivity contribution in [2.45, 2.75) is 32.2 Å². The van der Waals surface area contributed by atoms with E-state index in [1.165, 1.54) is 25.8 Å². The number of piperazine rings is 1. The first kappa shape index (κ1) is 11.9. The molecule has 0 aromatic heterocycles. The third kappa shape index (κ3) is 2.95. The van der Waals surface area contributed by atoms with Crippen LogP contribution in [0.2, 0.25) is 0 Å². The smallest absolute Gasteiger partial charge is 0.317 e. The lowest BCUT2D eigenvalue weighted by Crippen LogP contribution is -2.54. The van der Waals surface area contributed by atoms with Crippen LogP contribution in [-0.4, -0.2) is 59.6 Å². The predicted molar refractivity (Wildman–Crippen MR) is 62.5 cm³/mol. The molecule has 0 amide bonds. The Morgan fingerprint density at radius 2 is 2.12 bits per heavy atom. The highest BCUT2D eigenvalue weighted by Gasteiger charge is 2.28. The zero-order valence-corrected chi connectivity index (χ0v) is 10.1. The summed E-state index contributed by atoms with van der Waals surface area (Å²) >= 11 is 0. The van der Waals surface area contributed by atoms with Crippen LogP contribution in [0, 0.1) is 5.92 Å². The average molecular weight is 226 g/mol. The van der Waals surface area contributed by atoms with Gasteiger partial charge in [0.25, 0.3) is 0 Å². The maximum absolute atomic E-state index is 10.6. The predicted octanol–water partition coefficient (Wildman–Crippen LogP) is 0.877. The molecule has 1 unspecified atom stereocenters. The molecule has 16 heavy (non-hydrogen) atoms. The molecule has 0 aromatic rings. The molecule has 1 atom stereocenters. The summed E-state index contributed by atoms with van der Waals surface area (Å²) in [6.07, 6.45) is 4.18. The maximum Gasteiger partial charge on any atom is 0.317 e. The lowest BCUT2D eigenvalue weighted by molar-refractivity contribution is -0.139. The first-order chi connectivity index (χ1) is 7.65. The second-order valence-corrected chi connectivity index (χ2v) is 5.27. The number of carbonyl (C=O) groups is 1. The molecule has 1 aliphatic carbocycles. The van der Waals surface area contributed by atoms with Crippen LogP contribution in [0.3, 0.4) is 0 Å². The van der Waals surface area contributed by atoms with E-state index in [9.17, 15) is 4.79 Å². The van der Waals surface area contributed by atoms with Gasteiger partial charge in [-0.25, -0.2) is 0 Å². The Labute approximate surface area is 97.2 Å². The highest BCUT2D eigenvalue weighted by molar-refractivity contribution is 5.69. The highest BCUT2D eigenvalue weighted by Crippen LogP contribution is 2.28. The first-order valence-corrected chi connectivity index (χ1v) is 6.33. The summed E-state index contributed by atoms with van der Waals surface area (Å²) in [7, 11) is 0. The third-order valence-electron chi connectivity index (χ3n) is 3.93. The number of carboxylic acid groups (broad SMARTS) is 1.